The number of hydrogen-bond donors (Lipinski definition) is 2. The normalized spacial score (nSPS) is 23.6. The highest BCUT2D eigenvalue weighted by atomic mass is 32.1. The van der Waals surface area contributed by atoms with Crippen molar-refractivity contribution in [1.29, 1.82) is 0 Å². The maximum atomic E-state index is 11.7. The Labute approximate surface area is 98.6 Å². The van der Waals surface area contributed by atoms with Crippen molar-refractivity contribution in [2.24, 2.45) is 11.7 Å². The summed E-state index contributed by atoms with van der Waals surface area (Å²) in [6, 6.07) is 0.0258. The summed E-state index contributed by atoms with van der Waals surface area (Å²) in [6.07, 6.45) is 6.30. The molecule has 0 saturated heterocycles. The van der Waals surface area contributed by atoms with E-state index in [2.05, 4.69) is 10.3 Å². The van der Waals surface area contributed by atoms with Gasteiger partial charge in [0.25, 0.3) is 0 Å². The largest absolute Gasteiger partial charge is 0.349 e. The third kappa shape index (κ3) is 2.68. The number of nitrogens with two attached hydrogens (primary N) is 1. The highest BCUT2D eigenvalue weighted by Gasteiger charge is 2.22. The number of thiazole rings is 1. The molecule has 2 unspecified atom stereocenters. The van der Waals surface area contributed by atoms with Crippen molar-refractivity contribution < 1.29 is 4.79 Å². The van der Waals surface area contributed by atoms with E-state index in [1.54, 1.807) is 11.3 Å². The molecular formula is C11H15N3OS. The summed E-state index contributed by atoms with van der Waals surface area (Å²) < 4.78 is 0. The third-order valence-electron chi connectivity index (χ3n) is 2.54. The molecule has 0 bridgehead atoms. The minimum Gasteiger partial charge on any atom is -0.349 e. The molecule has 0 saturated carbocycles. The second kappa shape index (κ2) is 4.76. The SMILES string of the molecule is Cc1cnc(CNC(=O)C2C=CC(N)C2)s1. The topological polar surface area (TPSA) is 68.0 Å². The zero-order valence-corrected chi connectivity index (χ0v) is 9.96. The molecule has 1 amide bonds. The standard InChI is InChI=1S/C11H15N3OS/c1-7-5-13-10(16-7)6-14-11(15)8-2-3-9(12)4-8/h2-3,5,8-9H,4,6,12H2,1H3,(H,14,15). The summed E-state index contributed by atoms with van der Waals surface area (Å²) in [5, 5.41) is 3.82. The molecule has 4 nitrogen and oxygen atoms in total. The molecule has 0 radical (unpaired) electrons. The van der Waals surface area contributed by atoms with E-state index in [1.165, 1.54) is 0 Å². The van der Waals surface area contributed by atoms with Gasteiger partial charge >= 0.3 is 0 Å². The van der Waals surface area contributed by atoms with Gasteiger partial charge in [0.1, 0.15) is 5.01 Å². The Bertz CT molecular complexity index is 413. The molecule has 1 aliphatic carbocycles. The van der Waals surface area contributed by atoms with Crippen LogP contribution in [0.5, 0.6) is 0 Å². The lowest BCUT2D eigenvalue weighted by molar-refractivity contribution is -0.123. The summed E-state index contributed by atoms with van der Waals surface area (Å²) in [4.78, 5) is 17.1. The molecule has 1 aromatic rings. The van der Waals surface area contributed by atoms with Gasteiger partial charge in [-0.3, -0.25) is 4.79 Å². The average Bonchev–Trinajstić information content (AvgIpc) is 2.84. The molecular weight excluding hydrogens is 222 g/mol. The average molecular weight is 237 g/mol. The van der Waals surface area contributed by atoms with E-state index >= 15 is 0 Å². The van der Waals surface area contributed by atoms with Crippen molar-refractivity contribution in [3.8, 4) is 0 Å². The van der Waals surface area contributed by atoms with Gasteiger partial charge in [0.15, 0.2) is 0 Å². The van der Waals surface area contributed by atoms with Crippen LogP contribution in [0.1, 0.15) is 16.3 Å². The minimum atomic E-state index is -0.0731. The maximum absolute atomic E-state index is 11.7. The predicted octanol–water partition coefficient (Wildman–Crippen LogP) is 0.971. The number of rotatable bonds is 3. The highest BCUT2D eigenvalue weighted by molar-refractivity contribution is 7.11. The van der Waals surface area contributed by atoms with Crippen LogP contribution >= 0.6 is 11.3 Å². The van der Waals surface area contributed by atoms with Gasteiger partial charge in [0, 0.05) is 17.1 Å². The van der Waals surface area contributed by atoms with Gasteiger partial charge in [0.05, 0.1) is 12.5 Å². The van der Waals surface area contributed by atoms with E-state index in [1.807, 2.05) is 25.3 Å². The first-order valence-electron chi connectivity index (χ1n) is 5.28. The molecule has 0 spiro atoms. The lowest BCUT2D eigenvalue weighted by Crippen LogP contribution is -2.30. The Balaban J connectivity index is 1.82. The number of hydrogen-bond acceptors (Lipinski definition) is 4. The first-order chi connectivity index (χ1) is 7.65. The van der Waals surface area contributed by atoms with E-state index in [-0.39, 0.29) is 17.9 Å². The van der Waals surface area contributed by atoms with Crippen molar-refractivity contribution in [3.63, 3.8) is 0 Å². The van der Waals surface area contributed by atoms with Crippen molar-refractivity contribution in [2.75, 3.05) is 0 Å². The van der Waals surface area contributed by atoms with Crippen LogP contribution < -0.4 is 11.1 Å². The molecule has 16 heavy (non-hydrogen) atoms. The summed E-state index contributed by atoms with van der Waals surface area (Å²) in [5.74, 6) is -0.0342. The molecule has 5 heteroatoms. The van der Waals surface area contributed by atoms with Gasteiger partial charge in [-0.15, -0.1) is 11.3 Å². The molecule has 2 rings (SSSR count). The van der Waals surface area contributed by atoms with Gasteiger partial charge in [-0.05, 0) is 13.3 Å². The molecule has 0 aromatic carbocycles. The highest BCUT2D eigenvalue weighted by Crippen LogP contribution is 2.17. The van der Waals surface area contributed by atoms with E-state index < -0.39 is 0 Å². The van der Waals surface area contributed by atoms with Gasteiger partial charge in [0.2, 0.25) is 5.91 Å². The number of aromatic nitrogens is 1. The second-order valence-electron chi connectivity index (χ2n) is 3.97. The first-order valence-corrected chi connectivity index (χ1v) is 6.09. The van der Waals surface area contributed by atoms with E-state index in [0.29, 0.717) is 13.0 Å². The van der Waals surface area contributed by atoms with Crippen LogP contribution in [-0.2, 0) is 11.3 Å². The number of aryl methyl sites for hydroxylation is 1. The Hall–Kier alpha value is -1.20. The van der Waals surface area contributed by atoms with Gasteiger partial charge in [-0.1, -0.05) is 12.2 Å². The lowest BCUT2D eigenvalue weighted by Gasteiger charge is -2.09. The Kier molecular flexibility index (Phi) is 3.36. The second-order valence-corrected chi connectivity index (χ2v) is 5.29. The Morgan fingerprint density at radius 2 is 2.50 bits per heavy atom. The quantitative estimate of drug-likeness (QED) is 0.770. The molecule has 0 fully saturated rings. The Morgan fingerprint density at radius 1 is 1.69 bits per heavy atom. The maximum Gasteiger partial charge on any atom is 0.227 e. The van der Waals surface area contributed by atoms with Crippen molar-refractivity contribution in [3.05, 3.63) is 28.2 Å². The van der Waals surface area contributed by atoms with E-state index in [9.17, 15) is 4.79 Å². The summed E-state index contributed by atoms with van der Waals surface area (Å²) in [6.45, 7) is 2.51. The minimum absolute atomic E-state index is 0.0258. The van der Waals surface area contributed by atoms with Crippen molar-refractivity contribution >= 4 is 17.2 Å². The molecule has 3 N–H and O–H groups in total. The van der Waals surface area contributed by atoms with Crippen LogP contribution in [0.4, 0.5) is 0 Å². The lowest BCUT2D eigenvalue weighted by atomic mass is 10.1. The smallest absolute Gasteiger partial charge is 0.227 e. The summed E-state index contributed by atoms with van der Waals surface area (Å²) >= 11 is 1.60. The van der Waals surface area contributed by atoms with Crippen LogP contribution in [0, 0.1) is 12.8 Å². The predicted molar refractivity (Wildman–Crippen MR) is 63.9 cm³/mol. The van der Waals surface area contributed by atoms with Crippen LogP contribution in [-0.4, -0.2) is 16.9 Å². The molecule has 1 aromatic heterocycles. The van der Waals surface area contributed by atoms with Gasteiger partial charge in [-0.2, -0.15) is 0 Å². The van der Waals surface area contributed by atoms with Gasteiger partial charge in [-0.25, -0.2) is 4.98 Å². The number of carbonyl (C=O) groups excluding carboxylic acids is 1. The van der Waals surface area contributed by atoms with E-state index in [0.717, 1.165) is 9.88 Å². The first kappa shape index (κ1) is 11.3. The molecule has 86 valence electrons. The van der Waals surface area contributed by atoms with E-state index in [4.69, 9.17) is 5.73 Å². The van der Waals surface area contributed by atoms with Crippen molar-refractivity contribution in [2.45, 2.75) is 25.9 Å². The van der Waals surface area contributed by atoms with Crippen molar-refractivity contribution in [1.82, 2.24) is 10.3 Å². The fourth-order valence-electron chi connectivity index (χ4n) is 1.70. The molecule has 1 heterocycles. The molecule has 1 aliphatic rings. The van der Waals surface area contributed by atoms with Crippen LogP contribution in [0.3, 0.4) is 0 Å². The molecule has 2 atom stereocenters. The van der Waals surface area contributed by atoms with Crippen LogP contribution in [0.15, 0.2) is 18.3 Å². The fraction of sp³-hybridized carbons (Fsp3) is 0.455. The number of amides is 1. The fourth-order valence-corrected chi connectivity index (χ4v) is 2.43. The van der Waals surface area contributed by atoms with Crippen LogP contribution in [0.2, 0.25) is 0 Å². The third-order valence-corrected chi connectivity index (χ3v) is 3.45. The number of carbonyl (C=O) groups is 1. The number of nitrogens with one attached hydrogen (secondary N) is 1. The zero-order chi connectivity index (χ0) is 11.5. The zero-order valence-electron chi connectivity index (χ0n) is 9.14. The monoisotopic (exact) mass is 237 g/mol. The molecule has 0 aliphatic heterocycles. The number of nitrogens with zero attached hydrogens (tertiary/aromatic N) is 1. The Morgan fingerprint density at radius 3 is 3.06 bits per heavy atom. The summed E-state index contributed by atoms with van der Waals surface area (Å²) in [5.41, 5.74) is 5.70. The summed E-state index contributed by atoms with van der Waals surface area (Å²) in [7, 11) is 0. The van der Waals surface area contributed by atoms with Gasteiger partial charge < -0.3 is 11.1 Å². The van der Waals surface area contributed by atoms with Crippen LogP contribution in [0.25, 0.3) is 0 Å².